The van der Waals surface area contributed by atoms with Crippen LogP contribution in [0.15, 0.2) is 70.2 Å². The Morgan fingerprint density at radius 3 is 1.00 bits per heavy atom. The molecule has 0 saturated heterocycles. The molecule has 0 radical (unpaired) electrons. The minimum atomic E-state index is 0.846. The van der Waals surface area contributed by atoms with Gasteiger partial charge in [0.2, 0.25) is 0 Å². The van der Waals surface area contributed by atoms with Crippen molar-refractivity contribution in [3.63, 3.8) is 0 Å². The highest BCUT2D eigenvalue weighted by molar-refractivity contribution is 8.34. The molecule has 1 nitrogen and oxygen atoms in total. The minimum absolute atomic E-state index is 0.846. The molecular formula is C16H20NS4+. The Balaban J connectivity index is 2.17. The van der Waals surface area contributed by atoms with Crippen LogP contribution in [0, 0.1) is 0 Å². The van der Waals surface area contributed by atoms with Gasteiger partial charge < -0.3 is 0 Å². The fourth-order valence-corrected chi connectivity index (χ4v) is 9.15. The molecule has 21 heavy (non-hydrogen) atoms. The molecule has 0 unspecified atom stereocenters. The van der Waals surface area contributed by atoms with E-state index < -0.39 is 0 Å². The third-order valence-electron chi connectivity index (χ3n) is 2.83. The van der Waals surface area contributed by atoms with Gasteiger partial charge in [-0.25, -0.2) is 0 Å². The second-order valence-electron chi connectivity index (χ2n) is 4.48. The van der Waals surface area contributed by atoms with Gasteiger partial charge in [-0.3, -0.25) is 0 Å². The van der Waals surface area contributed by atoms with Gasteiger partial charge in [0.05, 0.1) is 19.6 Å². The van der Waals surface area contributed by atoms with E-state index in [1.165, 1.54) is 19.6 Å². The van der Waals surface area contributed by atoms with Crippen LogP contribution in [0.2, 0.25) is 0 Å². The summed E-state index contributed by atoms with van der Waals surface area (Å²) in [4.78, 5) is 5.70. The molecule has 2 heterocycles. The summed E-state index contributed by atoms with van der Waals surface area (Å²) in [6, 6.07) is 0. The molecule has 5 heteroatoms. The third kappa shape index (κ3) is 3.96. The summed E-state index contributed by atoms with van der Waals surface area (Å²) in [5, 5.41) is 0. The summed E-state index contributed by atoms with van der Waals surface area (Å²) in [7, 11) is 0. The molecule has 0 bridgehead atoms. The molecule has 0 amide bonds. The topological polar surface area (TPSA) is 0 Å². The predicted molar refractivity (Wildman–Crippen MR) is 104 cm³/mol. The lowest BCUT2D eigenvalue weighted by molar-refractivity contribution is -0.265. The first-order valence-corrected chi connectivity index (χ1v) is 9.82. The first-order chi connectivity index (χ1) is 10.2. The van der Waals surface area contributed by atoms with Crippen molar-refractivity contribution >= 4 is 47.8 Å². The Morgan fingerprint density at radius 1 is 0.571 bits per heavy atom. The van der Waals surface area contributed by atoms with E-state index in [2.05, 4.69) is 26.3 Å². The molecule has 0 aromatic carbocycles. The molecule has 2 aliphatic rings. The van der Waals surface area contributed by atoms with Crippen molar-refractivity contribution < 1.29 is 2.10 Å². The van der Waals surface area contributed by atoms with E-state index in [0.29, 0.717) is 0 Å². The lowest BCUT2D eigenvalue weighted by Gasteiger charge is -2.17. The zero-order chi connectivity index (χ0) is 15.3. The van der Waals surface area contributed by atoms with Crippen molar-refractivity contribution in [3.8, 4) is 0 Å². The first-order valence-electron chi connectivity index (χ1n) is 6.73. The smallest absolute Gasteiger partial charge is 0.103 e. The Morgan fingerprint density at radius 2 is 0.810 bits per heavy atom. The van der Waals surface area contributed by atoms with Crippen molar-refractivity contribution in [2.24, 2.45) is 0 Å². The van der Waals surface area contributed by atoms with Gasteiger partial charge in [0, 0.05) is 25.7 Å². The van der Waals surface area contributed by atoms with E-state index in [1.807, 2.05) is 72.1 Å². The van der Waals surface area contributed by atoms with Gasteiger partial charge in [-0.05, 0) is 0 Å². The van der Waals surface area contributed by atoms with Crippen LogP contribution in [0.4, 0.5) is 0 Å². The molecule has 0 aromatic heterocycles. The van der Waals surface area contributed by atoms with Crippen LogP contribution in [0.3, 0.4) is 0 Å². The average molecular weight is 355 g/mol. The first kappa shape index (κ1) is 17.2. The molecule has 0 aliphatic carbocycles. The molecule has 2 rings (SSSR count). The molecule has 1 spiro atoms. The second kappa shape index (κ2) is 7.88. The van der Waals surface area contributed by atoms with Gasteiger partial charge >= 0.3 is 0 Å². The average Bonchev–Trinajstić information content (AvgIpc) is 2.93. The van der Waals surface area contributed by atoms with Crippen molar-refractivity contribution in [2.45, 2.75) is 25.7 Å². The molecule has 0 fully saturated rings. The summed E-state index contributed by atoms with van der Waals surface area (Å²) in [5.41, 5.74) is 0. The van der Waals surface area contributed by atoms with Crippen LogP contribution in [0.25, 0.3) is 0 Å². The maximum atomic E-state index is 3.88. The molecule has 2 aliphatic heterocycles. The van der Waals surface area contributed by atoms with E-state index in [-0.39, 0.29) is 0 Å². The minimum Gasteiger partial charge on any atom is -0.103 e. The normalized spacial score (nSPS) is 20.2. The molecule has 0 atom stereocenters. The zero-order valence-corrected chi connectivity index (χ0v) is 15.3. The number of rotatable bonds is 8. The highest BCUT2D eigenvalue weighted by Gasteiger charge is 2.51. The number of quaternary nitrogens is 1. The zero-order valence-electron chi connectivity index (χ0n) is 12.0. The number of nitrogens with zero attached hydrogens (tertiary/aromatic N) is 1. The maximum Gasteiger partial charge on any atom is 0.149 e. The van der Waals surface area contributed by atoms with Crippen LogP contribution in [0.5, 0.6) is 0 Å². The summed E-state index contributed by atoms with van der Waals surface area (Å²) in [6.45, 7) is 15.5. The fourth-order valence-electron chi connectivity index (χ4n) is 1.98. The van der Waals surface area contributed by atoms with Crippen molar-refractivity contribution in [3.05, 3.63) is 70.2 Å². The van der Waals surface area contributed by atoms with Crippen molar-refractivity contribution in [1.29, 1.82) is 0 Å². The van der Waals surface area contributed by atoms with E-state index in [1.54, 1.807) is 0 Å². The van der Waals surface area contributed by atoms with Crippen molar-refractivity contribution in [2.75, 3.05) is 0 Å². The van der Waals surface area contributed by atoms with E-state index >= 15 is 0 Å². The molecule has 112 valence electrons. The quantitative estimate of drug-likeness (QED) is 0.258. The number of hydrogen-bond acceptors (Lipinski definition) is 4. The highest BCUT2D eigenvalue weighted by atomic mass is 32.3. The third-order valence-corrected chi connectivity index (χ3v) is 9.20. The Labute approximate surface area is 145 Å². The van der Waals surface area contributed by atoms with E-state index in [9.17, 15) is 0 Å². The van der Waals surface area contributed by atoms with Gasteiger partial charge in [0.15, 0.2) is 0 Å². The maximum absolute atomic E-state index is 3.88. The van der Waals surface area contributed by atoms with Gasteiger partial charge in [-0.2, -0.15) is 0 Å². The van der Waals surface area contributed by atoms with Crippen LogP contribution in [-0.2, 0) is 0 Å². The van der Waals surface area contributed by atoms with Gasteiger partial charge in [-0.15, -0.1) is 26.3 Å². The summed E-state index contributed by atoms with van der Waals surface area (Å²) >= 11 is 7.72. The number of hydrogen-bond donors (Lipinski definition) is 0. The van der Waals surface area contributed by atoms with Gasteiger partial charge in [-0.1, -0.05) is 26.4 Å². The summed E-state index contributed by atoms with van der Waals surface area (Å²) in [6.07, 6.45) is 11.7. The highest BCUT2D eigenvalue weighted by Crippen LogP contribution is 2.71. The SMILES string of the molecule is C=CCC1=C(CC=C)S[N+]2(S1)SC(CC=C)=C(CC=C)S2. The Kier molecular flexibility index (Phi) is 6.44. The molecule has 0 N–H and O–H groups in total. The van der Waals surface area contributed by atoms with Crippen LogP contribution in [0.1, 0.15) is 25.7 Å². The second-order valence-corrected chi connectivity index (χ2v) is 10.8. The monoisotopic (exact) mass is 354 g/mol. The van der Waals surface area contributed by atoms with Crippen LogP contribution in [-0.4, -0.2) is 2.10 Å². The van der Waals surface area contributed by atoms with Crippen molar-refractivity contribution in [1.82, 2.24) is 0 Å². The van der Waals surface area contributed by atoms with Gasteiger partial charge in [0.1, 0.15) is 47.8 Å². The summed E-state index contributed by atoms with van der Waals surface area (Å²) in [5.74, 6) is 0. The fraction of sp³-hybridized carbons (Fsp3) is 0.250. The summed E-state index contributed by atoms with van der Waals surface area (Å²) < 4.78 is 0.846. The van der Waals surface area contributed by atoms with Crippen LogP contribution >= 0.6 is 47.8 Å². The predicted octanol–water partition coefficient (Wildman–Crippen LogP) is 7.15. The lowest BCUT2D eigenvalue weighted by Crippen LogP contribution is -2.08. The molecule has 0 aromatic rings. The van der Waals surface area contributed by atoms with Crippen LogP contribution < -0.4 is 0 Å². The lowest BCUT2D eigenvalue weighted by atomic mass is 10.3. The van der Waals surface area contributed by atoms with Gasteiger partial charge in [0.25, 0.3) is 0 Å². The van der Waals surface area contributed by atoms with E-state index in [0.717, 1.165) is 27.8 Å². The molecule has 0 saturated carbocycles. The van der Waals surface area contributed by atoms with E-state index in [4.69, 9.17) is 0 Å². The number of allylic oxidation sites excluding steroid dienone is 8. The standard InChI is InChI=1S/C16H20NS4/c1-5-9-13-14(10-6-2)19-17(18-13)20-15(11-7-3)16(21-17)12-8-4/h5-8H,1-4,9-12H2/q+1. The Hall–Kier alpha value is -0.200. The molecular weight excluding hydrogens is 334 g/mol. The largest absolute Gasteiger partial charge is 0.149 e. The Bertz CT molecular complexity index is 435.